The molecule has 6 nitrogen and oxygen atoms in total. The third-order valence-corrected chi connectivity index (χ3v) is 6.28. The zero-order valence-corrected chi connectivity index (χ0v) is 22.3. The number of nitrogens with zero attached hydrogens (tertiary/aromatic N) is 3. The summed E-state index contributed by atoms with van der Waals surface area (Å²) in [6.45, 7) is 4.48. The molecule has 4 aromatic rings. The van der Waals surface area contributed by atoms with E-state index in [9.17, 15) is 14.0 Å². The predicted molar refractivity (Wildman–Crippen MR) is 147 cm³/mol. The van der Waals surface area contributed by atoms with Crippen LogP contribution in [0.4, 0.5) is 10.2 Å². The molecule has 4 rings (SSSR count). The topological polar surface area (TPSA) is 67.2 Å². The molecule has 0 saturated carbocycles. The van der Waals surface area contributed by atoms with Crippen LogP contribution in [-0.4, -0.2) is 39.6 Å². The second-order valence-corrected chi connectivity index (χ2v) is 10.1. The first-order chi connectivity index (χ1) is 17.8. The summed E-state index contributed by atoms with van der Waals surface area (Å²) in [6, 6.07) is 24.4. The van der Waals surface area contributed by atoms with E-state index in [4.69, 9.17) is 0 Å². The zero-order chi connectivity index (χ0) is 26.4. The molecule has 0 aliphatic heterocycles. The van der Waals surface area contributed by atoms with Crippen LogP contribution in [0, 0.1) is 11.7 Å². The van der Waals surface area contributed by atoms with Gasteiger partial charge in [-0.15, -0.1) is 0 Å². The molecule has 0 aliphatic carbocycles. The number of hydrogen-bond acceptors (Lipinski definition) is 3. The second-order valence-electron chi connectivity index (χ2n) is 9.14. The van der Waals surface area contributed by atoms with Crippen LogP contribution in [0.3, 0.4) is 0 Å². The van der Waals surface area contributed by atoms with E-state index < -0.39 is 0 Å². The maximum Gasteiger partial charge on any atom is 0.254 e. The van der Waals surface area contributed by atoms with Gasteiger partial charge in [0.25, 0.3) is 5.91 Å². The molecule has 8 heteroatoms. The molecular weight excluding hydrogens is 535 g/mol. The molecule has 0 fully saturated rings. The van der Waals surface area contributed by atoms with Crippen LogP contribution < -0.4 is 5.32 Å². The van der Waals surface area contributed by atoms with Crippen molar-refractivity contribution in [3.63, 3.8) is 0 Å². The van der Waals surface area contributed by atoms with E-state index in [-0.39, 0.29) is 24.2 Å². The van der Waals surface area contributed by atoms with Gasteiger partial charge < -0.3 is 10.2 Å². The standard InChI is InChI=1S/C29H28BrFN4O2/c1-20(2)15-16-34(29(37)22-9-6-10-23(30)17-22)19-28(36)32-27-18-26(21-7-4-3-5-8-21)33-35(27)25-13-11-24(31)12-14-25/h3-14,17-18,20H,15-16,19H2,1-2H3,(H,32,36). The van der Waals surface area contributed by atoms with Crippen LogP contribution in [0.2, 0.25) is 0 Å². The normalized spacial score (nSPS) is 10.9. The predicted octanol–water partition coefficient (Wildman–Crippen LogP) is 6.57. The molecule has 0 radical (unpaired) electrons. The van der Waals surface area contributed by atoms with E-state index in [2.05, 4.69) is 40.2 Å². The van der Waals surface area contributed by atoms with E-state index in [0.29, 0.717) is 35.2 Å². The van der Waals surface area contributed by atoms with E-state index >= 15 is 0 Å². The molecule has 0 spiro atoms. The third-order valence-electron chi connectivity index (χ3n) is 5.79. The molecule has 190 valence electrons. The average molecular weight is 563 g/mol. The molecule has 0 saturated heterocycles. The maximum absolute atomic E-state index is 13.6. The van der Waals surface area contributed by atoms with Crippen LogP contribution in [-0.2, 0) is 4.79 Å². The lowest BCUT2D eigenvalue weighted by Gasteiger charge is -2.23. The van der Waals surface area contributed by atoms with Gasteiger partial charge in [0.1, 0.15) is 18.2 Å². The number of halogens is 2. The lowest BCUT2D eigenvalue weighted by Crippen LogP contribution is -2.39. The van der Waals surface area contributed by atoms with Crippen molar-refractivity contribution in [2.24, 2.45) is 5.92 Å². The Morgan fingerprint density at radius 2 is 1.73 bits per heavy atom. The first kappa shape index (κ1) is 26.3. The Bertz CT molecular complexity index is 1370. The lowest BCUT2D eigenvalue weighted by atomic mass is 10.1. The molecular formula is C29H28BrFN4O2. The smallest absolute Gasteiger partial charge is 0.254 e. The van der Waals surface area contributed by atoms with Gasteiger partial charge in [-0.1, -0.05) is 66.2 Å². The Balaban J connectivity index is 1.60. The van der Waals surface area contributed by atoms with Gasteiger partial charge in [-0.2, -0.15) is 5.10 Å². The number of nitrogens with one attached hydrogen (secondary N) is 1. The van der Waals surface area contributed by atoms with Crippen molar-refractivity contribution in [2.75, 3.05) is 18.4 Å². The van der Waals surface area contributed by atoms with E-state index in [1.165, 1.54) is 12.1 Å². The van der Waals surface area contributed by atoms with E-state index in [1.54, 1.807) is 46.0 Å². The van der Waals surface area contributed by atoms with Gasteiger partial charge in [0.2, 0.25) is 5.91 Å². The number of carbonyl (C=O) groups is 2. The first-order valence-electron chi connectivity index (χ1n) is 12.1. The molecule has 1 N–H and O–H groups in total. The summed E-state index contributed by atoms with van der Waals surface area (Å²) >= 11 is 3.41. The van der Waals surface area contributed by atoms with Crippen molar-refractivity contribution in [2.45, 2.75) is 20.3 Å². The monoisotopic (exact) mass is 562 g/mol. The SMILES string of the molecule is CC(C)CCN(CC(=O)Nc1cc(-c2ccccc2)nn1-c1ccc(F)cc1)C(=O)c1cccc(Br)c1. The molecule has 2 amide bonds. The Kier molecular flexibility index (Phi) is 8.50. The minimum atomic E-state index is -0.364. The zero-order valence-electron chi connectivity index (χ0n) is 20.7. The highest BCUT2D eigenvalue weighted by atomic mass is 79.9. The van der Waals surface area contributed by atoms with Crippen molar-refractivity contribution in [3.05, 3.63) is 101 Å². The molecule has 37 heavy (non-hydrogen) atoms. The Morgan fingerprint density at radius 1 is 1.00 bits per heavy atom. The molecule has 3 aromatic carbocycles. The van der Waals surface area contributed by atoms with Crippen LogP contribution in [0.15, 0.2) is 89.4 Å². The maximum atomic E-state index is 13.6. The van der Waals surface area contributed by atoms with E-state index in [0.717, 1.165) is 16.5 Å². The molecule has 0 unspecified atom stereocenters. The molecule has 0 aliphatic rings. The minimum absolute atomic E-state index is 0.118. The number of carbonyl (C=O) groups excluding carboxylic acids is 2. The van der Waals surface area contributed by atoms with Crippen molar-refractivity contribution in [1.82, 2.24) is 14.7 Å². The quantitative estimate of drug-likeness (QED) is 0.251. The molecule has 1 heterocycles. The Morgan fingerprint density at radius 3 is 2.41 bits per heavy atom. The fourth-order valence-corrected chi connectivity index (χ4v) is 4.22. The second kappa shape index (κ2) is 12.0. The lowest BCUT2D eigenvalue weighted by molar-refractivity contribution is -0.117. The van der Waals surface area contributed by atoms with Gasteiger partial charge >= 0.3 is 0 Å². The van der Waals surface area contributed by atoms with Crippen LogP contribution in [0.1, 0.15) is 30.6 Å². The van der Waals surface area contributed by atoms with Crippen molar-refractivity contribution in [1.29, 1.82) is 0 Å². The van der Waals surface area contributed by atoms with Gasteiger partial charge in [-0.25, -0.2) is 9.07 Å². The first-order valence-corrected chi connectivity index (χ1v) is 12.9. The minimum Gasteiger partial charge on any atom is -0.329 e. The highest BCUT2D eigenvalue weighted by Gasteiger charge is 2.21. The summed E-state index contributed by atoms with van der Waals surface area (Å²) in [4.78, 5) is 28.1. The number of anilines is 1. The van der Waals surface area contributed by atoms with Crippen LogP contribution in [0.5, 0.6) is 0 Å². The van der Waals surface area contributed by atoms with Crippen molar-refractivity contribution < 1.29 is 14.0 Å². The number of amides is 2. The van der Waals surface area contributed by atoms with Gasteiger partial charge in [-0.05, 0) is 54.8 Å². The molecule has 0 atom stereocenters. The summed E-state index contributed by atoms with van der Waals surface area (Å²) in [5.41, 5.74) is 2.64. The number of hydrogen-bond donors (Lipinski definition) is 1. The average Bonchev–Trinajstić information content (AvgIpc) is 3.30. The fourth-order valence-electron chi connectivity index (χ4n) is 3.83. The summed E-state index contributed by atoms with van der Waals surface area (Å²) in [5, 5.41) is 7.57. The summed E-state index contributed by atoms with van der Waals surface area (Å²) in [5.74, 6) is -0.135. The van der Waals surface area contributed by atoms with Gasteiger partial charge in [0, 0.05) is 28.2 Å². The van der Waals surface area contributed by atoms with Crippen molar-refractivity contribution in [3.8, 4) is 16.9 Å². The Hall–Kier alpha value is -3.78. The van der Waals surface area contributed by atoms with Gasteiger partial charge in [-0.3, -0.25) is 9.59 Å². The summed E-state index contributed by atoms with van der Waals surface area (Å²) < 4.78 is 15.9. The van der Waals surface area contributed by atoms with E-state index in [1.807, 2.05) is 36.4 Å². The Labute approximate surface area is 224 Å². The highest BCUT2D eigenvalue weighted by molar-refractivity contribution is 9.10. The fraction of sp³-hybridized carbons (Fsp3) is 0.207. The number of aromatic nitrogens is 2. The summed E-state index contributed by atoms with van der Waals surface area (Å²) in [6.07, 6.45) is 0.763. The summed E-state index contributed by atoms with van der Waals surface area (Å²) in [7, 11) is 0. The van der Waals surface area contributed by atoms with Gasteiger partial charge in [0.15, 0.2) is 0 Å². The highest BCUT2D eigenvalue weighted by Crippen LogP contribution is 2.25. The number of rotatable bonds is 9. The third kappa shape index (κ3) is 6.92. The van der Waals surface area contributed by atoms with Crippen molar-refractivity contribution >= 4 is 33.6 Å². The largest absolute Gasteiger partial charge is 0.329 e. The molecule has 1 aromatic heterocycles. The van der Waals surface area contributed by atoms with Crippen LogP contribution in [0.25, 0.3) is 16.9 Å². The number of benzene rings is 3. The van der Waals surface area contributed by atoms with Gasteiger partial charge in [0.05, 0.1) is 11.4 Å². The van der Waals surface area contributed by atoms with Crippen LogP contribution >= 0.6 is 15.9 Å². The molecule has 0 bridgehead atoms.